The van der Waals surface area contributed by atoms with Crippen molar-refractivity contribution in [2.45, 2.75) is 0 Å². The highest BCUT2D eigenvalue weighted by Crippen LogP contribution is 2.15. The molecular weight excluding hydrogens is 220 g/mol. The van der Waals surface area contributed by atoms with Gasteiger partial charge in [-0.05, 0) is 23.7 Å². The van der Waals surface area contributed by atoms with Crippen LogP contribution in [0.3, 0.4) is 0 Å². The zero-order chi connectivity index (χ0) is 11.0. The summed E-state index contributed by atoms with van der Waals surface area (Å²) in [7, 11) is 1.49. The van der Waals surface area contributed by atoms with Crippen LogP contribution in [-0.2, 0) is 0 Å². The maximum atomic E-state index is 11.5. The highest BCUT2D eigenvalue weighted by Gasteiger charge is 2.14. The van der Waals surface area contributed by atoms with E-state index in [-0.39, 0.29) is 5.52 Å². The average molecular weight is 227 g/mol. The van der Waals surface area contributed by atoms with Crippen molar-refractivity contribution in [2.24, 2.45) is 0 Å². The van der Waals surface area contributed by atoms with E-state index < -0.39 is 10.7 Å². The molecular formula is C9H7ClN2O3. The van der Waals surface area contributed by atoms with Crippen LogP contribution in [0.4, 0.5) is 0 Å². The molecule has 0 spiro atoms. The second-order valence-electron chi connectivity index (χ2n) is 2.92. The largest absolute Gasteiger partial charge is 0.617 e. The summed E-state index contributed by atoms with van der Waals surface area (Å²) in [5, 5.41) is 11.1. The molecule has 0 saturated carbocycles. The topological polar surface area (TPSA) is 69.0 Å². The molecule has 1 aromatic heterocycles. The van der Waals surface area contributed by atoms with Crippen LogP contribution in [0.2, 0.25) is 5.15 Å². The van der Waals surface area contributed by atoms with Gasteiger partial charge in [-0.2, -0.15) is 0 Å². The number of fused-ring (bicyclic) bond motifs is 1. The van der Waals surface area contributed by atoms with E-state index in [1.807, 2.05) is 0 Å². The zero-order valence-corrected chi connectivity index (χ0v) is 8.54. The van der Waals surface area contributed by atoms with Crippen LogP contribution in [0.5, 0.6) is 5.75 Å². The van der Waals surface area contributed by atoms with E-state index in [0.29, 0.717) is 16.0 Å². The minimum Gasteiger partial charge on any atom is -0.617 e. The van der Waals surface area contributed by atoms with Gasteiger partial charge in [0, 0.05) is 0 Å². The number of H-pyrrole nitrogens is 1. The SMILES string of the molecule is COc1ccc2[nH]c(=O)c(Cl)[n+]([O-])c2c1. The van der Waals surface area contributed by atoms with E-state index in [1.165, 1.54) is 13.2 Å². The first-order chi connectivity index (χ1) is 7.13. The van der Waals surface area contributed by atoms with Crippen LogP contribution < -0.4 is 15.0 Å². The Labute approximate surface area is 89.5 Å². The molecule has 5 nitrogen and oxygen atoms in total. The number of methoxy groups -OCH3 is 1. The molecule has 2 aromatic rings. The molecule has 0 fully saturated rings. The van der Waals surface area contributed by atoms with Gasteiger partial charge in [0.2, 0.25) is 5.52 Å². The maximum Gasteiger partial charge on any atom is 0.352 e. The number of rotatable bonds is 1. The van der Waals surface area contributed by atoms with E-state index >= 15 is 0 Å². The molecule has 0 aliphatic heterocycles. The van der Waals surface area contributed by atoms with E-state index in [9.17, 15) is 10.0 Å². The summed E-state index contributed by atoms with van der Waals surface area (Å²) in [6.45, 7) is 0. The number of aromatic amines is 1. The van der Waals surface area contributed by atoms with Gasteiger partial charge in [-0.3, -0.25) is 4.79 Å². The summed E-state index contributed by atoms with van der Waals surface area (Å²) in [5.41, 5.74) is 0.0727. The lowest BCUT2D eigenvalue weighted by atomic mass is 10.3. The first kappa shape index (κ1) is 9.79. The Morgan fingerprint density at radius 3 is 2.93 bits per heavy atom. The van der Waals surface area contributed by atoms with Crippen molar-refractivity contribution in [1.29, 1.82) is 0 Å². The quantitative estimate of drug-likeness (QED) is 0.578. The van der Waals surface area contributed by atoms with Gasteiger partial charge < -0.3 is 14.9 Å². The number of halogens is 1. The number of nitrogens with zero attached hydrogens (tertiary/aromatic N) is 1. The van der Waals surface area contributed by atoms with Gasteiger partial charge in [0.15, 0.2) is 0 Å². The van der Waals surface area contributed by atoms with Crippen molar-refractivity contribution in [3.05, 3.63) is 38.9 Å². The third kappa shape index (κ3) is 1.50. The lowest BCUT2D eigenvalue weighted by Gasteiger charge is -2.04. The fourth-order valence-electron chi connectivity index (χ4n) is 1.28. The monoisotopic (exact) mass is 226 g/mol. The van der Waals surface area contributed by atoms with Crippen LogP contribution >= 0.6 is 11.6 Å². The summed E-state index contributed by atoms with van der Waals surface area (Å²) in [6.07, 6.45) is 0. The Kier molecular flexibility index (Phi) is 2.24. The number of nitrogens with one attached hydrogen (secondary N) is 1. The maximum absolute atomic E-state index is 11.5. The molecule has 0 saturated heterocycles. The number of benzene rings is 1. The molecule has 6 heteroatoms. The standard InChI is InChI=1S/C9H7ClN2O3/c1-15-5-2-3-6-7(4-5)12(14)8(10)9(13)11-6/h2-4H,1H3,(H,11,13). The van der Waals surface area contributed by atoms with Gasteiger partial charge in [0.1, 0.15) is 11.3 Å². The Morgan fingerprint density at radius 2 is 2.27 bits per heavy atom. The molecule has 0 atom stereocenters. The second kappa shape index (κ2) is 3.43. The number of hydrogen-bond donors (Lipinski definition) is 1. The first-order valence-corrected chi connectivity index (χ1v) is 4.50. The van der Waals surface area contributed by atoms with Gasteiger partial charge in [-0.25, -0.2) is 0 Å². The molecule has 1 heterocycles. The third-order valence-corrected chi connectivity index (χ3v) is 2.36. The van der Waals surface area contributed by atoms with Crippen molar-refractivity contribution in [2.75, 3.05) is 7.11 Å². The Balaban J connectivity index is 2.87. The average Bonchev–Trinajstić information content (AvgIpc) is 2.26. The predicted octanol–water partition coefficient (Wildman–Crippen LogP) is 0.823. The highest BCUT2D eigenvalue weighted by molar-refractivity contribution is 6.28. The first-order valence-electron chi connectivity index (χ1n) is 4.12. The van der Waals surface area contributed by atoms with E-state index in [4.69, 9.17) is 16.3 Å². The number of hydrogen-bond acceptors (Lipinski definition) is 3. The fourth-order valence-corrected chi connectivity index (χ4v) is 1.42. The van der Waals surface area contributed by atoms with Crippen LogP contribution in [0.15, 0.2) is 23.0 Å². The predicted molar refractivity (Wildman–Crippen MR) is 55.1 cm³/mol. The normalized spacial score (nSPS) is 10.5. The molecule has 1 N–H and O–H groups in total. The molecule has 0 radical (unpaired) electrons. The smallest absolute Gasteiger partial charge is 0.352 e. The van der Waals surface area contributed by atoms with Crippen LogP contribution in [0.25, 0.3) is 11.0 Å². The van der Waals surface area contributed by atoms with Crippen molar-refractivity contribution in [1.82, 2.24) is 4.98 Å². The lowest BCUT2D eigenvalue weighted by Crippen LogP contribution is -2.35. The molecule has 2 rings (SSSR count). The van der Waals surface area contributed by atoms with Crippen LogP contribution in [0, 0.1) is 5.21 Å². The van der Waals surface area contributed by atoms with E-state index in [1.54, 1.807) is 12.1 Å². The molecule has 1 aromatic carbocycles. The van der Waals surface area contributed by atoms with Gasteiger partial charge >= 0.3 is 10.7 Å². The second-order valence-corrected chi connectivity index (χ2v) is 3.28. The van der Waals surface area contributed by atoms with Crippen molar-refractivity contribution >= 4 is 22.6 Å². The Bertz CT molecular complexity index is 579. The summed E-state index contributed by atoms with van der Waals surface area (Å²) in [5.74, 6) is 0.523. The summed E-state index contributed by atoms with van der Waals surface area (Å²) < 4.78 is 5.33. The molecule has 0 aliphatic rings. The van der Waals surface area contributed by atoms with E-state index in [2.05, 4.69) is 4.98 Å². The van der Waals surface area contributed by atoms with Crippen LogP contribution in [-0.4, -0.2) is 12.1 Å². The molecule has 78 valence electrons. The van der Waals surface area contributed by atoms with Gasteiger partial charge in [-0.15, -0.1) is 4.73 Å². The summed E-state index contributed by atoms with van der Waals surface area (Å²) in [6, 6.07) is 4.73. The minimum atomic E-state index is -0.607. The van der Waals surface area contributed by atoms with E-state index in [0.717, 1.165) is 0 Å². The molecule has 0 aliphatic carbocycles. The van der Waals surface area contributed by atoms with Crippen molar-refractivity contribution in [3.63, 3.8) is 0 Å². The highest BCUT2D eigenvalue weighted by atomic mass is 35.5. The zero-order valence-electron chi connectivity index (χ0n) is 7.78. The molecule has 0 unspecified atom stereocenters. The van der Waals surface area contributed by atoms with Crippen LogP contribution in [0.1, 0.15) is 0 Å². The molecule has 15 heavy (non-hydrogen) atoms. The Morgan fingerprint density at radius 1 is 1.53 bits per heavy atom. The van der Waals surface area contributed by atoms with Gasteiger partial charge in [-0.1, -0.05) is 0 Å². The van der Waals surface area contributed by atoms with Crippen molar-refractivity contribution in [3.8, 4) is 5.75 Å². The number of aromatic nitrogens is 2. The third-order valence-electron chi connectivity index (χ3n) is 2.04. The summed E-state index contributed by atoms with van der Waals surface area (Å²) >= 11 is 5.52. The Hall–Kier alpha value is -1.75. The number of ether oxygens (including phenoxy) is 1. The lowest BCUT2D eigenvalue weighted by molar-refractivity contribution is -0.575. The molecule has 0 amide bonds. The minimum absolute atomic E-state index is 0.263. The van der Waals surface area contributed by atoms with Gasteiger partial charge in [0.25, 0.3) is 0 Å². The van der Waals surface area contributed by atoms with Crippen molar-refractivity contribution < 1.29 is 9.47 Å². The molecule has 0 bridgehead atoms. The fraction of sp³-hybridized carbons (Fsp3) is 0.111. The summed E-state index contributed by atoms with van der Waals surface area (Å²) in [4.78, 5) is 13.7. The van der Waals surface area contributed by atoms with Gasteiger partial charge in [0.05, 0.1) is 13.2 Å².